The molecule has 0 amide bonds. The van der Waals surface area contributed by atoms with Crippen LogP contribution in [0.4, 0.5) is 0 Å². The Morgan fingerprint density at radius 2 is 1.64 bits per heavy atom. The van der Waals surface area contributed by atoms with E-state index in [2.05, 4.69) is 5.32 Å². The molecule has 6 heteroatoms. The molecule has 150 valence electrons. The number of carboxylic acid groups (broad SMARTS) is 1. The second-order valence-corrected chi connectivity index (χ2v) is 7.71. The molecule has 2 atom stereocenters. The molecule has 28 heavy (non-hydrogen) atoms. The Balaban J connectivity index is 1.95. The van der Waals surface area contributed by atoms with Gasteiger partial charge in [0.1, 0.15) is 17.7 Å². The predicted molar refractivity (Wildman–Crippen MR) is 108 cm³/mol. The van der Waals surface area contributed by atoms with Crippen LogP contribution in [0.1, 0.15) is 43.5 Å². The van der Waals surface area contributed by atoms with E-state index in [0.717, 1.165) is 11.1 Å². The van der Waals surface area contributed by atoms with Gasteiger partial charge in [0.2, 0.25) is 0 Å². The Hall–Kier alpha value is -2.70. The maximum Gasteiger partial charge on any atom is 0.328 e. The van der Waals surface area contributed by atoms with Crippen LogP contribution in [0.2, 0.25) is 0 Å². The molecule has 4 N–H and O–H groups in total. The number of rotatable bonds is 8. The number of carboxylic acids is 1. The molecule has 0 fully saturated rings. The number of aliphatic carboxylic acids is 1. The van der Waals surface area contributed by atoms with E-state index in [4.69, 9.17) is 10.5 Å². The fraction of sp³-hybridized carbons (Fsp3) is 0.364. The summed E-state index contributed by atoms with van der Waals surface area (Å²) in [6.07, 6.45) is 0.401. The van der Waals surface area contributed by atoms with Crippen LogP contribution in [0.15, 0.2) is 54.6 Å². The van der Waals surface area contributed by atoms with Crippen molar-refractivity contribution in [3.8, 4) is 0 Å². The van der Waals surface area contributed by atoms with Crippen LogP contribution in [-0.2, 0) is 27.3 Å². The summed E-state index contributed by atoms with van der Waals surface area (Å²) in [6, 6.07) is 15.1. The van der Waals surface area contributed by atoms with Crippen molar-refractivity contribution < 1.29 is 19.4 Å². The van der Waals surface area contributed by atoms with Crippen molar-refractivity contribution in [3.63, 3.8) is 0 Å². The summed E-state index contributed by atoms with van der Waals surface area (Å²) in [5, 5.41) is 12.5. The van der Waals surface area contributed by atoms with Crippen molar-refractivity contribution in [1.29, 1.82) is 0 Å². The van der Waals surface area contributed by atoms with E-state index in [1.54, 1.807) is 32.9 Å². The summed E-state index contributed by atoms with van der Waals surface area (Å²) < 4.78 is 5.30. The number of esters is 1. The highest BCUT2D eigenvalue weighted by Gasteiger charge is 2.23. The van der Waals surface area contributed by atoms with E-state index in [0.29, 0.717) is 18.5 Å². The monoisotopic (exact) mass is 384 g/mol. The van der Waals surface area contributed by atoms with Crippen LogP contribution in [0, 0.1) is 0 Å². The largest absolute Gasteiger partial charge is 0.480 e. The van der Waals surface area contributed by atoms with E-state index in [-0.39, 0.29) is 0 Å². The van der Waals surface area contributed by atoms with Crippen molar-refractivity contribution in [1.82, 2.24) is 5.32 Å². The smallest absolute Gasteiger partial charge is 0.328 e. The molecule has 2 aromatic carbocycles. The lowest BCUT2D eigenvalue weighted by Gasteiger charge is -2.22. The highest BCUT2D eigenvalue weighted by molar-refractivity contribution is 5.77. The standard InChI is InChI=1S/C22H28N2O4/c1-22(2,3)28-21(27)19(23)17-11-9-16(10-12-17)14-24-18(20(25)26)13-15-7-5-4-6-8-15/h4-12,18-19,24H,13-14,23H2,1-3H3,(H,25,26). The summed E-state index contributed by atoms with van der Waals surface area (Å²) in [5.74, 6) is -1.38. The van der Waals surface area contributed by atoms with Gasteiger partial charge in [-0.3, -0.25) is 4.79 Å². The van der Waals surface area contributed by atoms with E-state index in [1.165, 1.54) is 0 Å². The number of hydrogen-bond acceptors (Lipinski definition) is 5. The summed E-state index contributed by atoms with van der Waals surface area (Å²) in [7, 11) is 0. The minimum Gasteiger partial charge on any atom is -0.480 e. The zero-order valence-corrected chi connectivity index (χ0v) is 16.5. The van der Waals surface area contributed by atoms with Crippen molar-refractivity contribution in [2.45, 2.75) is 51.4 Å². The van der Waals surface area contributed by atoms with Gasteiger partial charge in [0.15, 0.2) is 0 Å². The summed E-state index contributed by atoms with van der Waals surface area (Å²) in [6.45, 7) is 5.77. The zero-order valence-electron chi connectivity index (χ0n) is 16.5. The summed E-state index contributed by atoms with van der Waals surface area (Å²) >= 11 is 0. The Morgan fingerprint density at radius 1 is 1.04 bits per heavy atom. The third kappa shape index (κ3) is 6.79. The number of carbonyl (C=O) groups is 2. The molecular weight excluding hydrogens is 356 g/mol. The van der Waals surface area contributed by atoms with E-state index >= 15 is 0 Å². The SMILES string of the molecule is CC(C)(C)OC(=O)C(N)c1ccc(CNC(Cc2ccccc2)C(=O)O)cc1. The molecule has 0 aliphatic carbocycles. The van der Waals surface area contributed by atoms with Gasteiger partial charge >= 0.3 is 11.9 Å². The molecule has 0 spiro atoms. The number of benzene rings is 2. The minimum atomic E-state index is -0.896. The van der Waals surface area contributed by atoms with Gasteiger partial charge in [-0.15, -0.1) is 0 Å². The van der Waals surface area contributed by atoms with Crippen LogP contribution < -0.4 is 11.1 Å². The van der Waals surface area contributed by atoms with Gasteiger partial charge in [-0.2, -0.15) is 0 Å². The van der Waals surface area contributed by atoms with Gasteiger partial charge in [-0.05, 0) is 43.9 Å². The Bertz CT molecular complexity index is 782. The van der Waals surface area contributed by atoms with Gasteiger partial charge in [0.25, 0.3) is 0 Å². The Kier molecular flexibility index (Phi) is 7.31. The Morgan fingerprint density at radius 3 is 2.18 bits per heavy atom. The molecule has 2 rings (SSSR count). The van der Waals surface area contributed by atoms with Crippen molar-refractivity contribution in [3.05, 3.63) is 71.3 Å². The second kappa shape index (κ2) is 9.48. The minimum absolute atomic E-state index is 0.395. The van der Waals surface area contributed by atoms with Gasteiger partial charge in [-0.1, -0.05) is 54.6 Å². The second-order valence-electron chi connectivity index (χ2n) is 7.71. The molecule has 2 aromatic rings. The van der Waals surface area contributed by atoms with Crippen LogP contribution in [0.3, 0.4) is 0 Å². The van der Waals surface area contributed by atoms with E-state index < -0.39 is 29.6 Å². The molecular formula is C22H28N2O4. The van der Waals surface area contributed by atoms with Gasteiger partial charge < -0.3 is 20.9 Å². The van der Waals surface area contributed by atoms with Gasteiger partial charge in [0, 0.05) is 6.54 Å². The van der Waals surface area contributed by atoms with Crippen molar-refractivity contribution >= 4 is 11.9 Å². The molecule has 0 heterocycles. The maximum atomic E-state index is 12.1. The molecule has 6 nitrogen and oxygen atoms in total. The molecule has 2 unspecified atom stereocenters. The highest BCUT2D eigenvalue weighted by Crippen LogP contribution is 2.17. The van der Waals surface area contributed by atoms with E-state index in [1.807, 2.05) is 42.5 Å². The first-order chi connectivity index (χ1) is 13.2. The summed E-state index contributed by atoms with van der Waals surface area (Å²) in [5.41, 5.74) is 7.89. The number of ether oxygens (including phenoxy) is 1. The molecule has 0 saturated heterocycles. The first kappa shape index (κ1) is 21.6. The van der Waals surface area contributed by atoms with Gasteiger partial charge in [0.05, 0.1) is 0 Å². The molecule has 0 aliphatic rings. The number of nitrogens with one attached hydrogen (secondary N) is 1. The summed E-state index contributed by atoms with van der Waals surface area (Å²) in [4.78, 5) is 23.6. The lowest BCUT2D eigenvalue weighted by Crippen LogP contribution is -2.38. The van der Waals surface area contributed by atoms with Gasteiger partial charge in [-0.25, -0.2) is 4.79 Å². The average Bonchev–Trinajstić information content (AvgIpc) is 2.64. The Labute approximate surface area is 165 Å². The lowest BCUT2D eigenvalue weighted by atomic mass is 10.0. The van der Waals surface area contributed by atoms with Crippen molar-refractivity contribution in [2.24, 2.45) is 5.73 Å². The molecule has 0 radical (unpaired) electrons. The third-order valence-corrected chi connectivity index (χ3v) is 4.13. The average molecular weight is 384 g/mol. The van der Waals surface area contributed by atoms with Crippen molar-refractivity contribution in [2.75, 3.05) is 0 Å². The molecule has 0 aromatic heterocycles. The topological polar surface area (TPSA) is 102 Å². The lowest BCUT2D eigenvalue weighted by molar-refractivity contribution is -0.156. The fourth-order valence-electron chi connectivity index (χ4n) is 2.68. The predicted octanol–water partition coefficient (Wildman–Crippen LogP) is 2.81. The molecule has 0 bridgehead atoms. The number of hydrogen-bond donors (Lipinski definition) is 3. The van der Waals surface area contributed by atoms with Crippen LogP contribution in [0.5, 0.6) is 0 Å². The first-order valence-corrected chi connectivity index (χ1v) is 9.23. The quantitative estimate of drug-likeness (QED) is 0.605. The molecule has 0 saturated carbocycles. The third-order valence-electron chi connectivity index (χ3n) is 4.13. The zero-order chi connectivity index (χ0) is 20.7. The number of nitrogens with two attached hydrogens (primary N) is 1. The maximum absolute atomic E-state index is 12.1. The normalized spacial score (nSPS) is 13.6. The van der Waals surface area contributed by atoms with Crippen LogP contribution >= 0.6 is 0 Å². The molecule has 0 aliphatic heterocycles. The highest BCUT2D eigenvalue weighted by atomic mass is 16.6. The fourth-order valence-corrected chi connectivity index (χ4v) is 2.68. The van der Waals surface area contributed by atoms with Crippen LogP contribution in [-0.4, -0.2) is 28.7 Å². The van der Waals surface area contributed by atoms with Crippen LogP contribution in [0.25, 0.3) is 0 Å². The first-order valence-electron chi connectivity index (χ1n) is 9.23. The number of carbonyl (C=O) groups excluding carboxylic acids is 1. The van der Waals surface area contributed by atoms with E-state index in [9.17, 15) is 14.7 Å².